The van der Waals surface area contributed by atoms with E-state index >= 15 is 0 Å². The second kappa shape index (κ2) is 8.68. The first kappa shape index (κ1) is 16.6. The summed E-state index contributed by atoms with van der Waals surface area (Å²) >= 11 is 0. The lowest BCUT2D eigenvalue weighted by molar-refractivity contribution is -0.121. The van der Waals surface area contributed by atoms with Crippen LogP contribution in [-0.4, -0.2) is 48.1 Å². The molecule has 114 valence electrons. The normalized spacial score (nSPS) is 16.6. The Kier molecular flexibility index (Phi) is 7.22. The van der Waals surface area contributed by atoms with E-state index in [0.717, 1.165) is 32.5 Å². The van der Waals surface area contributed by atoms with Crippen molar-refractivity contribution in [1.82, 2.24) is 15.6 Å². The number of rotatable bonds is 8. The molecule has 0 bridgehead atoms. The minimum absolute atomic E-state index is 0.124. The predicted octanol–water partition coefficient (Wildman–Crippen LogP) is 0.879. The van der Waals surface area contributed by atoms with Crippen molar-refractivity contribution >= 4 is 17.5 Å². The van der Waals surface area contributed by atoms with Crippen molar-refractivity contribution < 1.29 is 9.59 Å². The SMILES string of the molecule is CCN(CC)CCCC(C)NC(=O)C1=NNC(=O)CC1. The summed E-state index contributed by atoms with van der Waals surface area (Å²) in [5.41, 5.74) is 2.76. The number of nitrogens with zero attached hydrogens (tertiary/aromatic N) is 2. The first-order valence-electron chi connectivity index (χ1n) is 7.45. The van der Waals surface area contributed by atoms with Crippen LogP contribution in [0, 0.1) is 0 Å². The Hall–Kier alpha value is -1.43. The van der Waals surface area contributed by atoms with Crippen molar-refractivity contribution in [3.8, 4) is 0 Å². The number of carbonyl (C=O) groups is 2. The van der Waals surface area contributed by atoms with Crippen molar-refractivity contribution in [3.63, 3.8) is 0 Å². The van der Waals surface area contributed by atoms with Crippen LogP contribution in [-0.2, 0) is 9.59 Å². The molecule has 6 nitrogen and oxygen atoms in total. The Bertz CT molecular complexity index is 364. The zero-order valence-corrected chi connectivity index (χ0v) is 12.7. The van der Waals surface area contributed by atoms with E-state index in [1.807, 2.05) is 6.92 Å². The van der Waals surface area contributed by atoms with Crippen LogP contribution in [0.4, 0.5) is 0 Å². The van der Waals surface area contributed by atoms with Crippen LogP contribution in [0.3, 0.4) is 0 Å². The molecule has 6 heteroatoms. The van der Waals surface area contributed by atoms with Crippen LogP contribution >= 0.6 is 0 Å². The molecule has 2 N–H and O–H groups in total. The van der Waals surface area contributed by atoms with Crippen molar-refractivity contribution in [2.45, 2.75) is 52.5 Å². The molecule has 0 fully saturated rings. The fourth-order valence-corrected chi connectivity index (χ4v) is 2.18. The zero-order chi connectivity index (χ0) is 15.0. The molecule has 1 heterocycles. The topological polar surface area (TPSA) is 73.8 Å². The molecule has 0 saturated carbocycles. The van der Waals surface area contributed by atoms with Gasteiger partial charge in [0.05, 0.1) is 0 Å². The smallest absolute Gasteiger partial charge is 0.267 e. The minimum atomic E-state index is -0.166. The average Bonchev–Trinajstić information content (AvgIpc) is 2.44. The van der Waals surface area contributed by atoms with Crippen LogP contribution < -0.4 is 10.7 Å². The number of carbonyl (C=O) groups excluding carboxylic acids is 2. The van der Waals surface area contributed by atoms with Gasteiger partial charge in [-0.2, -0.15) is 5.10 Å². The summed E-state index contributed by atoms with van der Waals surface area (Å²) in [5.74, 6) is -0.297. The maximum atomic E-state index is 11.9. The van der Waals surface area contributed by atoms with E-state index in [0.29, 0.717) is 18.6 Å². The third kappa shape index (κ3) is 5.69. The van der Waals surface area contributed by atoms with Gasteiger partial charge < -0.3 is 10.2 Å². The molecule has 2 amide bonds. The van der Waals surface area contributed by atoms with E-state index in [-0.39, 0.29) is 17.9 Å². The molecule has 1 atom stereocenters. The maximum Gasteiger partial charge on any atom is 0.267 e. The lowest BCUT2D eigenvalue weighted by atomic mass is 10.1. The van der Waals surface area contributed by atoms with Gasteiger partial charge in [-0.1, -0.05) is 13.8 Å². The number of nitrogens with one attached hydrogen (secondary N) is 2. The Morgan fingerprint density at radius 3 is 2.65 bits per heavy atom. The van der Waals surface area contributed by atoms with Gasteiger partial charge in [0, 0.05) is 18.9 Å². The van der Waals surface area contributed by atoms with Gasteiger partial charge in [-0.3, -0.25) is 9.59 Å². The highest BCUT2D eigenvalue weighted by atomic mass is 16.2. The second-order valence-corrected chi connectivity index (χ2v) is 5.14. The summed E-state index contributed by atoms with van der Waals surface area (Å²) in [6, 6.07) is 0.124. The van der Waals surface area contributed by atoms with Crippen molar-refractivity contribution in [2.24, 2.45) is 5.10 Å². The lowest BCUT2D eigenvalue weighted by Crippen LogP contribution is -2.41. The van der Waals surface area contributed by atoms with Crippen LogP contribution in [0.15, 0.2) is 5.10 Å². The third-order valence-electron chi connectivity index (χ3n) is 3.55. The maximum absolute atomic E-state index is 11.9. The Labute approximate surface area is 121 Å². The molecular weight excluding hydrogens is 256 g/mol. The van der Waals surface area contributed by atoms with E-state index in [9.17, 15) is 9.59 Å². The van der Waals surface area contributed by atoms with Crippen LogP contribution in [0.5, 0.6) is 0 Å². The summed E-state index contributed by atoms with van der Waals surface area (Å²) < 4.78 is 0. The molecule has 0 aliphatic carbocycles. The summed E-state index contributed by atoms with van der Waals surface area (Å²) in [7, 11) is 0. The van der Waals surface area contributed by atoms with Gasteiger partial charge >= 0.3 is 0 Å². The number of amides is 2. The predicted molar refractivity (Wildman–Crippen MR) is 79.4 cm³/mol. The molecule has 0 spiro atoms. The molecule has 20 heavy (non-hydrogen) atoms. The molecule has 1 aliphatic heterocycles. The van der Waals surface area contributed by atoms with E-state index in [1.165, 1.54) is 0 Å². The summed E-state index contributed by atoms with van der Waals surface area (Å²) in [5, 5.41) is 6.73. The summed E-state index contributed by atoms with van der Waals surface area (Å²) in [6.07, 6.45) is 2.76. The zero-order valence-electron chi connectivity index (χ0n) is 12.7. The van der Waals surface area contributed by atoms with Gasteiger partial charge in [-0.25, -0.2) is 5.43 Å². The van der Waals surface area contributed by atoms with Crippen molar-refractivity contribution in [3.05, 3.63) is 0 Å². The van der Waals surface area contributed by atoms with E-state index in [4.69, 9.17) is 0 Å². The quantitative estimate of drug-likeness (QED) is 0.694. The third-order valence-corrected chi connectivity index (χ3v) is 3.55. The monoisotopic (exact) mass is 282 g/mol. The molecule has 0 radical (unpaired) electrons. The largest absolute Gasteiger partial charge is 0.348 e. The van der Waals surface area contributed by atoms with E-state index in [1.54, 1.807) is 0 Å². The average molecular weight is 282 g/mol. The van der Waals surface area contributed by atoms with Gasteiger partial charge in [0.15, 0.2) is 0 Å². The van der Waals surface area contributed by atoms with Gasteiger partial charge in [0.25, 0.3) is 5.91 Å². The first-order chi connectivity index (χ1) is 9.56. The number of hydrogen-bond donors (Lipinski definition) is 2. The Balaban J connectivity index is 2.26. The number of hydrogen-bond acceptors (Lipinski definition) is 4. The van der Waals surface area contributed by atoms with Crippen LogP contribution in [0.1, 0.15) is 46.5 Å². The molecule has 0 aromatic rings. The number of hydrazone groups is 1. The summed E-state index contributed by atoms with van der Waals surface area (Å²) in [4.78, 5) is 25.3. The molecular formula is C14H26N4O2. The lowest BCUT2D eigenvalue weighted by Gasteiger charge is -2.20. The highest BCUT2D eigenvalue weighted by molar-refractivity contribution is 6.39. The van der Waals surface area contributed by atoms with E-state index < -0.39 is 0 Å². The molecule has 0 aromatic carbocycles. The van der Waals surface area contributed by atoms with Crippen molar-refractivity contribution in [1.29, 1.82) is 0 Å². The molecule has 1 rings (SSSR count). The molecule has 1 unspecified atom stereocenters. The van der Waals surface area contributed by atoms with E-state index in [2.05, 4.69) is 34.6 Å². The standard InChI is InChI=1S/C14H26N4O2/c1-4-18(5-2)10-6-7-11(3)15-14(20)12-8-9-13(19)17-16-12/h11H,4-10H2,1-3H3,(H,15,20)(H,17,19). The Morgan fingerprint density at radius 1 is 1.40 bits per heavy atom. The van der Waals surface area contributed by atoms with Crippen LogP contribution in [0.2, 0.25) is 0 Å². The van der Waals surface area contributed by atoms with Crippen molar-refractivity contribution in [2.75, 3.05) is 19.6 Å². The molecule has 0 aromatic heterocycles. The summed E-state index contributed by atoms with van der Waals surface area (Å²) in [6.45, 7) is 9.50. The fourth-order valence-electron chi connectivity index (χ4n) is 2.18. The molecule has 1 aliphatic rings. The molecule has 0 saturated heterocycles. The highest BCUT2D eigenvalue weighted by Gasteiger charge is 2.19. The Morgan fingerprint density at radius 2 is 2.10 bits per heavy atom. The minimum Gasteiger partial charge on any atom is -0.348 e. The van der Waals surface area contributed by atoms with Crippen LogP contribution in [0.25, 0.3) is 0 Å². The van der Waals surface area contributed by atoms with Gasteiger partial charge in [0.1, 0.15) is 5.71 Å². The van der Waals surface area contributed by atoms with Gasteiger partial charge in [-0.05, 0) is 39.4 Å². The second-order valence-electron chi connectivity index (χ2n) is 5.14. The first-order valence-corrected chi connectivity index (χ1v) is 7.45. The fraction of sp³-hybridized carbons (Fsp3) is 0.786. The van der Waals surface area contributed by atoms with Gasteiger partial charge in [-0.15, -0.1) is 0 Å². The van der Waals surface area contributed by atoms with Gasteiger partial charge in [0.2, 0.25) is 5.91 Å². The highest BCUT2D eigenvalue weighted by Crippen LogP contribution is 2.03.